The molecule has 1 atom stereocenters. The third-order valence-electron chi connectivity index (χ3n) is 3.55. The van der Waals surface area contributed by atoms with Gasteiger partial charge in [0, 0.05) is 30.1 Å². The van der Waals surface area contributed by atoms with Crippen LogP contribution >= 0.6 is 15.9 Å². The molecule has 3 nitrogen and oxygen atoms in total. The van der Waals surface area contributed by atoms with Gasteiger partial charge in [0.15, 0.2) is 0 Å². The molecule has 108 valence electrons. The summed E-state index contributed by atoms with van der Waals surface area (Å²) in [4.78, 5) is 2.41. The van der Waals surface area contributed by atoms with Crippen molar-refractivity contribution in [2.45, 2.75) is 26.8 Å². The first-order chi connectivity index (χ1) is 9.12. The minimum atomic E-state index is 0.229. The Balaban J connectivity index is 2.55. The lowest BCUT2D eigenvalue weighted by molar-refractivity contribution is 0.297. The number of rotatable bonds is 8. The van der Waals surface area contributed by atoms with Crippen LogP contribution in [0.4, 0.5) is 0 Å². The summed E-state index contributed by atoms with van der Waals surface area (Å²) in [7, 11) is 0. The van der Waals surface area contributed by atoms with Crippen LogP contribution in [-0.2, 0) is 0 Å². The summed E-state index contributed by atoms with van der Waals surface area (Å²) in [6, 6.07) is 6.68. The van der Waals surface area contributed by atoms with E-state index in [9.17, 15) is 0 Å². The molecule has 0 aliphatic heterocycles. The fourth-order valence-corrected chi connectivity index (χ4v) is 2.50. The first-order valence-corrected chi connectivity index (χ1v) is 7.83. The molecule has 3 N–H and O–H groups in total. The van der Waals surface area contributed by atoms with E-state index in [2.05, 4.69) is 65.1 Å². The first-order valence-electron chi connectivity index (χ1n) is 7.04. The Hall–Kier alpha value is -0.420. The zero-order valence-corrected chi connectivity index (χ0v) is 13.8. The Morgan fingerprint density at radius 3 is 2.53 bits per heavy atom. The number of aryl methyl sites for hydroxylation is 1. The maximum absolute atomic E-state index is 5.88. The van der Waals surface area contributed by atoms with Crippen molar-refractivity contribution in [3.8, 4) is 0 Å². The van der Waals surface area contributed by atoms with Crippen LogP contribution < -0.4 is 11.1 Å². The summed E-state index contributed by atoms with van der Waals surface area (Å²) in [6.45, 7) is 11.3. The van der Waals surface area contributed by atoms with Gasteiger partial charge in [-0.2, -0.15) is 0 Å². The number of nitrogens with one attached hydrogen (secondary N) is 1. The summed E-state index contributed by atoms with van der Waals surface area (Å²) < 4.78 is 1.15. The molecule has 0 aromatic heterocycles. The average Bonchev–Trinajstić information content (AvgIpc) is 2.42. The highest BCUT2D eigenvalue weighted by Crippen LogP contribution is 2.21. The van der Waals surface area contributed by atoms with Crippen LogP contribution in [0.15, 0.2) is 22.7 Å². The van der Waals surface area contributed by atoms with Crippen LogP contribution in [0, 0.1) is 6.92 Å². The highest BCUT2D eigenvalue weighted by atomic mass is 79.9. The number of benzene rings is 1. The molecule has 0 aliphatic rings. The van der Waals surface area contributed by atoms with E-state index in [0.717, 1.165) is 30.7 Å². The standard InChI is InChI=1S/C15H26BrN3/c1-4-19(5-2)9-8-18-15(11-17)13-7-6-12(3)14(16)10-13/h6-7,10,15,18H,4-5,8-9,11,17H2,1-3H3. The predicted octanol–water partition coefficient (Wildman–Crippen LogP) is 2.69. The molecule has 0 bridgehead atoms. The summed E-state index contributed by atoms with van der Waals surface area (Å²) in [5.74, 6) is 0. The Labute approximate surface area is 125 Å². The van der Waals surface area contributed by atoms with Crippen LogP contribution in [0.5, 0.6) is 0 Å². The summed E-state index contributed by atoms with van der Waals surface area (Å²) in [6.07, 6.45) is 0. The largest absolute Gasteiger partial charge is 0.329 e. The fraction of sp³-hybridized carbons (Fsp3) is 0.600. The number of hydrogen-bond acceptors (Lipinski definition) is 3. The van der Waals surface area contributed by atoms with Crippen molar-refractivity contribution in [3.63, 3.8) is 0 Å². The maximum atomic E-state index is 5.88. The van der Waals surface area contributed by atoms with E-state index in [1.165, 1.54) is 11.1 Å². The number of halogens is 1. The number of nitrogens with zero attached hydrogens (tertiary/aromatic N) is 1. The van der Waals surface area contributed by atoms with E-state index in [1.807, 2.05) is 0 Å². The number of hydrogen-bond donors (Lipinski definition) is 2. The minimum Gasteiger partial charge on any atom is -0.329 e. The molecular formula is C15H26BrN3. The SMILES string of the molecule is CCN(CC)CCNC(CN)c1ccc(C)c(Br)c1. The van der Waals surface area contributed by atoms with Gasteiger partial charge in [0.1, 0.15) is 0 Å². The number of likely N-dealkylation sites (N-methyl/N-ethyl adjacent to an activating group) is 1. The van der Waals surface area contributed by atoms with Gasteiger partial charge in [0.25, 0.3) is 0 Å². The molecule has 4 heteroatoms. The van der Waals surface area contributed by atoms with E-state index in [-0.39, 0.29) is 6.04 Å². The highest BCUT2D eigenvalue weighted by molar-refractivity contribution is 9.10. The van der Waals surface area contributed by atoms with Crippen LogP contribution in [0.2, 0.25) is 0 Å². The zero-order valence-electron chi connectivity index (χ0n) is 12.2. The van der Waals surface area contributed by atoms with Gasteiger partial charge in [-0.25, -0.2) is 0 Å². The molecule has 0 amide bonds. The Kier molecular flexibility index (Phi) is 7.61. The van der Waals surface area contributed by atoms with Gasteiger partial charge < -0.3 is 16.0 Å². The first kappa shape index (κ1) is 16.6. The average molecular weight is 328 g/mol. The quantitative estimate of drug-likeness (QED) is 0.771. The monoisotopic (exact) mass is 327 g/mol. The van der Waals surface area contributed by atoms with E-state index in [0.29, 0.717) is 6.54 Å². The van der Waals surface area contributed by atoms with Crippen molar-refractivity contribution in [1.82, 2.24) is 10.2 Å². The van der Waals surface area contributed by atoms with Crippen LogP contribution in [-0.4, -0.2) is 37.6 Å². The van der Waals surface area contributed by atoms with Crippen molar-refractivity contribution in [3.05, 3.63) is 33.8 Å². The lowest BCUT2D eigenvalue weighted by atomic mass is 10.1. The molecule has 0 fully saturated rings. The van der Waals surface area contributed by atoms with E-state index in [4.69, 9.17) is 5.73 Å². The van der Waals surface area contributed by atoms with Gasteiger partial charge in [-0.15, -0.1) is 0 Å². The lowest BCUT2D eigenvalue weighted by Crippen LogP contribution is -2.36. The van der Waals surface area contributed by atoms with Crippen molar-refractivity contribution < 1.29 is 0 Å². The van der Waals surface area contributed by atoms with Gasteiger partial charge >= 0.3 is 0 Å². The summed E-state index contributed by atoms with van der Waals surface area (Å²) in [5.41, 5.74) is 8.39. The van der Waals surface area contributed by atoms with Crippen molar-refractivity contribution in [2.24, 2.45) is 5.73 Å². The smallest absolute Gasteiger partial charge is 0.0445 e. The van der Waals surface area contributed by atoms with Gasteiger partial charge in [-0.05, 0) is 37.2 Å². The van der Waals surface area contributed by atoms with Crippen LogP contribution in [0.3, 0.4) is 0 Å². The van der Waals surface area contributed by atoms with E-state index < -0.39 is 0 Å². The second-order valence-corrected chi connectivity index (χ2v) is 5.63. The topological polar surface area (TPSA) is 41.3 Å². The lowest BCUT2D eigenvalue weighted by Gasteiger charge is -2.22. The molecule has 0 saturated carbocycles. The molecule has 1 rings (SSSR count). The normalized spacial score (nSPS) is 12.9. The summed E-state index contributed by atoms with van der Waals surface area (Å²) >= 11 is 3.58. The molecule has 0 spiro atoms. The summed E-state index contributed by atoms with van der Waals surface area (Å²) in [5, 5.41) is 3.54. The van der Waals surface area contributed by atoms with Gasteiger partial charge in [0.05, 0.1) is 0 Å². The minimum absolute atomic E-state index is 0.229. The van der Waals surface area contributed by atoms with Crippen LogP contribution in [0.1, 0.15) is 31.0 Å². The molecule has 0 heterocycles. The highest BCUT2D eigenvalue weighted by Gasteiger charge is 2.10. The third-order valence-corrected chi connectivity index (χ3v) is 4.40. The second-order valence-electron chi connectivity index (χ2n) is 4.78. The molecule has 1 unspecified atom stereocenters. The van der Waals surface area contributed by atoms with Crippen molar-refractivity contribution >= 4 is 15.9 Å². The predicted molar refractivity (Wildman–Crippen MR) is 86.5 cm³/mol. The maximum Gasteiger partial charge on any atom is 0.0445 e. The van der Waals surface area contributed by atoms with Gasteiger partial charge in [-0.1, -0.05) is 41.9 Å². The molecule has 0 saturated heterocycles. The number of nitrogens with two attached hydrogens (primary N) is 1. The third kappa shape index (κ3) is 5.22. The molecule has 19 heavy (non-hydrogen) atoms. The molecule has 0 aliphatic carbocycles. The zero-order chi connectivity index (χ0) is 14.3. The second kappa shape index (κ2) is 8.69. The fourth-order valence-electron chi connectivity index (χ4n) is 2.10. The van der Waals surface area contributed by atoms with Gasteiger partial charge in [-0.3, -0.25) is 0 Å². The van der Waals surface area contributed by atoms with Crippen molar-refractivity contribution in [1.29, 1.82) is 0 Å². The van der Waals surface area contributed by atoms with Gasteiger partial charge in [0.2, 0.25) is 0 Å². The Bertz CT molecular complexity index is 378. The Morgan fingerprint density at radius 2 is 2.00 bits per heavy atom. The van der Waals surface area contributed by atoms with Crippen LogP contribution in [0.25, 0.3) is 0 Å². The molecule has 0 radical (unpaired) electrons. The van der Waals surface area contributed by atoms with E-state index >= 15 is 0 Å². The molecular weight excluding hydrogens is 302 g/mol. The van der Waals surface area contributed by atoms with Crippen molar-refractivity contribution in [2.75, 3.05) is 32.7 Å². The molecule has 1 aromatic carbocycles. The molecule has 1 aromatic rings. The van der Waals surface area contributed by atoms with E-state index in [1.54, 1.807) is 0 Å². The Morgan fingerprint density at radius 1 is 1.32 bits per heavy atom.